The fraction of sp³-hybridized carbons (Fsp3) is 0. The van der Waals surface area contributed by atoms with E-state index in [-0.39, 0.29) is 21.7 Å². The number of phenols is 3. The second kappa shape index (κ2) is 3.74. The van der Waals surface area contributed by atoms with E-state index in [1.807, 2.05) is 0 Å². The minimum atomic E-state index is -0.147. The third kappa shape index (κ3) is 1.60. The molecular formula is C6H3BrI2O3. The summed E-state index contributed by atoms with van der Waals surface area (Å²) in [6, 6.07) is 0. The molecule has 0 heterocycles. The van der Waals surface area contributed by atoms with Crippen LogP contribution in [0.1, 0.15) is 0 Å². The molecule has 0 aromatic heterocycles. The molecule has 0 aliphatic carbocycles. The Morgan fingerprint density at radius 3 is 1.50 bits per heavy atom. The first kappa shape index (κ1) is 10.6. The molecule has 1 aromatic rings. The first-order valence-electron chi connectivity index (χ1n) is 2.74. The summed E-state index contributed by atoms with van der Waals surface area (Å²) in [4.78, 5) is 0. The van der Waals surface area contributed by atoms with E-state index in [0.29, 0.717) is 7.14 Å². The standard InChI is InChI=1S/C6H3BrI2O3/c7-1-4(10)2(8)6(12)3(9)5(1)11/h10-12H. The minimum Gasteiger partial charge on any atom is -0.505 e. The SMILES string of the molecule is Oc1c(Br)c(O)c(I)c(O)c1I. The number of hydrogen-bond acceptors (Lipinski definition) is 3. The Balaban J connectivity index is 3.60. The van der Waals surface area contributed by atoms with Crippen LogP contribution < -0.4 is 0 Å². The summed E-state index contributed by atoms with van der Waals surface area (Å²) in [5, 5.41) is 28.0. The highest BCUT2D eigenvalue weighted by Crippen LogP contribution is 2.45. The fourth-order valence-electron chi connectivity index (χ4n) is 0.626. The van der Waals surface area contributed by atoms with Gasteiger partial charge in [-0.05, 0) is 61.1 Å². The number of benzene rings is 1. The van der Waals surface area contributed by atoms with Crippen LogP contribution >= 0.6 is 61.1 Å². The molecule has 0 fully saturated rings. The van der Waals surface area contributed by atoms with Gasteiger partial charge in [0.05, 0.1) is 7.14 Å². The molecule has 1 aromatic carbocycles. The lowest BCUT2D eigenvalue weighted by molar-refractivity contribution is 0.413. The van der Waals surface area contributed by atoms with E-state index in [9.17, 15) is 15.3 Å². The van der Waals surface area contributed by atoms with Gasteiger partial charge in [0.1, 0.15) is 10.2 Å². The molecule has 1 rings (SSSR count). The van der Waals surface area contributed by atoms with Crippen LogP contribution in [0.2, 0.25) is 0 Å². The molecule has 0 bridgehead atoms. The van der Waals surface area contributed by atoms with Crippen LogP contribution in [0.5, 0.6) is 17.2 Å². The molecule has 6 heteroatoms. The van der Waals surface area contributed by atoms with Gasteiger partial charge >= 0.3 is 0 Å². The summed E-state index contributed by atoms with van der Waals surface area (Å²) >= 11 is 6.58. The van der Waals surface area contributed by atoms with Crippen molar-refractivity contribution in [2.45, 2.75) is 0 Å². The highest BCUT2D eigenvalue weighted by Gasteiger charge is 2.18. The molecule has 0 saturated heterocycles. The maximum atomic E-state index is 9.34. The summed E-state index contributed by atoms with van der Waals surface area (Å²) in [6.45, 7) is 0. The molecular weight excluding hydrogens is 454 g/mol. The van der Waals surface area contributed by atoms with Crippen molar-refractivity contribution in [2.75, 3.05) is 0 Å². The van der Waals surface area contributed by atoms with E-state index < -0.39 is 0 Å². The zero-order chi connectivity index (χ0) is 9.46. The van der Waals surface area contributed by atoms with Crippen molar-refractivity contribution >= 4 is 61.1 Å². The fourth-order valence-corrected chi connectivity index (χ4v) is 3.36. The van der Waals surface area contributed by atoms with Crippen LogP contribution in [0.15, 0.2) is 4.47 Å². The van der Waals surface area contributed by atoms with Gasteiger partial charge in [-0.2, -0.15) is 0 Å². The average molecular weight is 457 g/mol. The van der Waals surface area contributed by atoms with Crippen LogP contribution in [0.25, 0.3) is 0 Å². The Bertz CT molecular complexity index is 235. The highest BCUT2D eigenvalue weighted by atomic mass is 127. The van der Waals surface area contributed by atoms with Gasteiger partial charge in [0.25, 0.3) is 0 Å². The third-order valence-electron chi connectivity index (χ3n) is 1.25. The maximum absolute atomic E-state index is 9.34. The lowest BCUT2D eigenvalue weighted by Crippen LogP contribution is -1.84. The van der Waals surface area contributed by atoms with Crippen molar-refractivity contribution in [3.8, 4) is 17.2 Å². The van der Waals surface area contributed by atoms with E-state index in [2.05, 4.69) is 15.9 Å². The van der Waals surface area contributed by atoms with Crippen molar-refractivity contribution < 1.29 is 15.3 Å². The summed E-state index contributed by atoms with van der Waals surface area (Å²) in [7, 11) is 0. The highest BCUT2D eigenvalue weighted by molar-refractivity contribution is 14.1. The van der Waals surface area contributed by atoms with Crippen molar-refractivity contribution in [1.82, 2.24) is 0 Å². The van der Waals surface area contributed by atoms with Crippen molar-refractivity contribution in [2.24, 2.45) is 0 Å². The van der Waals surface area contributed by atoms with Crippen LogP contribution in [-0.2, 0) is 0 Å². The summed E-state index contributed by atoms with van der Waals surface area (Å²) in [5.41, 5.74) is 0. The first-order chi connectivity index (χ1) is 5.46. The number of rotatable bonds is 0. The Morgan fingerprint density at radius 2 is 1.17 bits per heavy atom. The second-order valence-corrected chi connectivity index (χ2v) is 4.94. The van der Waals surface area contributed by atoms with Gasteiger partial charge in [-0.3, -0.25) is 0 Å². The topological polar surface area (TPSA) is 60.7 Å². The lowest BCUT2D eigenvalue weighted by Gasteiger charge is -2.07. The largest absolute Gasteiger partial charge is 0.505 e. The summed E-state index contributed by atoms with van der Waals surface area (Å²) in [5.74, 6) is -0.397. The van der Waals surface area contributed by atoms with Crippen molar-refractivity contribution in [3.05, 3.63) is 11.6 Å². The van der Waals surface area contributed by atoms with Crippen LogP contribution in [0, 0.1) is 7.14 Å². The van der Waals surface area contributed by atoms with Crippen molar-refractivity contribution in [1.29, 1.82) is 0 Å². The van der Waals surface area contributed by atoms with Crippen molar-refractivity contribution in [3.63, 3.8) is 0 Å². The zero-order valence-electron chi connectivity index (χ0n) is 5.48. The zero-order valence-corrected chi connectivity index (χ0v) is 11.4. The van der Waals surface area contributed by atoms with E-state index >= 15 is 0 Å². The van der Waals surface area contributed by atoms with E-state index in [1.165, 1.54) is 0 Å². The van der Waals surface area contributed by atoms with Gasteiger partial charge in [-0.1, -0.05) is 0 Å². The molecule has 0 atom stereocenters. The molecule has 0 saturated carbocycles. The van der Waals surface area contributed by atoms with Gasteiger partial charge < -0.3 is 15.3 Å². The quantitative estimate of drug-likeness (QED) is 0.526. The molecule has 0 unspecified atom stereocenters. The second-order valence-electron chi connectivity index (χ2n) is 1.99. The predicted octanol–water partition coefficient (Wildman–Crippen LogP) is 2.78. The predicted molar refractivity (Wildman–Crippen MR) is 64.6 cm³/mol. The average Bonchev–Trinajstić information content (AvgIpc) is 2.08. The van der Waals surface area contributed by atoms with Gasteiger partial charge in [-0.15, -0.1) is 0 Å². The van der Waals surface area contributed by atoms with Crippen LogP contribution in [0.4, 0.5) is 0 Å². The van der Waals surface area contributed by atoms with Gasteiger partial charge in [0.15, 0.2) is 11.5 Å². The minimum absolute atomic E-state index is 0.102. The Morgan fingerprint density at radius 1 is 0.833 bits per heavy atom. The first-order valence-corrected chi connectivity index (χ1v) is 5.69. The summed E-state index contributed by atoms with van der Waals surface area (Å²) in [6.07, 6.45) is 0. The van der Waals surface area contributed by atoms with E-state index in [1.54, 1.807) is 45.2 Å². The summed E-state index contributed by atoms with van der Waals surface area (Å²) < 4.78 is 0.845. The molecule has 0 amide bonds. The van der Waals surface area contributed by atoms with E-state index in [4.69, 9.17) is 0 Å². The van der Waals surface area contributed by atoms with Crippen LogP contribution in [-0.4, -0.2) is 15.3 Å². The van der Waals surface area contributed by atoms with E-state index in [0.717, 1.165) is 0 Å². The normalized spacial score (nSPS) is 10.2. The Kier molecular flexibility index (Phi) is 3.32. The lowest BCUT2D eigenvalue weighted by atomic mass is 10.3. The Labute approximate surface area is 104 Å². The maximum Gasteiger partial charge on any atom is 0.150 e. The number of hydrogen-bond donors (Lipinski definition) is 3. The number of aromatic hydroxyl groups is 3. The van der Waals surface area contributed by atoms with Gasteiger partial charge in [0, 0.05) is 0 Å². The molecule has 3 N–H and O–H groups in total. The molecule has 0 spiro atoms. The number of halogens is 3. The molecule has 66 valence electrons. The van der Waals surface area contributed by atoms with Gasteiger partial charge in [0.2, 0.25) is 0 Å². The molecule has 3 nitrogen and oxygen atoms in total. The molecule has 0 aliphatic heterocycles. The third-order valence-corrected chi connectivity index (χ3v) is 4.04. The monoisotopic (exact) mass is 456 g/mol. The smallest absolute Gasteiger partial charge is 0.150 e. The number of phenolic OH excluding ortho intramolecular Hbond substituents is 3. The molecule has 0 aliphatic rings. The van der Waals surface area contributed by atoms with Crippen LogP contribution in [0.3, 0.4) is 0 Å². The van der Waals surface area contributed by atoms with Gasteiger partial charge in [-0.25, -0.2) is 0 Å². The Hall–Kier alpha value is 0.560. The molecule has 12 heavy (non-hydrogen) atoms. The molecule has 0 radical (unpaired) electrons.